The summed E-state index contributed by atoms with van der Waals surface area (Å²) in [4.78, 5) is 4.21. The minimum atomic E-state index is -3.37. The van der Waals surface area contributed by atoms with Crippen LogP contribution in [0.4, 0.5) is 5.82 Å². The summed E-state index contributed by atoms with van der Waals surface area (Å²) in [5.74, 6) is 0.273. The Balaban J connectivity index is 2.20. The van der Waals surface area contributed by atoms with Crippen LogP contribution in [0, 0.1) is 0 Å². The van der Waals surface area contributed by atoms with Gasteiger partial charge in [-0.05, 0) is 24.1 Å². The number of anilines is 1. The van der Waals surface area contributed by atoms with E-state index in [1.807, 2.05) is 30.3 Å². The number of pyridine rings is 1. The van der Waals surface area contributed by atoms with Crippen molar-refractivity contribution in [1.29, 1.82) is 0 Å². The van der Waals surface area contributed by atoms with Crippen LogP contribution in [-0.2, 0) is 16.3 Å². The van der Waals surface area contributed by atoms with Gasteiger partial charge in [0.15, 0.2) is 9.84 Å². The fourth-order valence-electron chi connectivity index (χ4n) is 2.05. The van der Waals surface area contributed by atoms with Gasteiger partial charge in [-0.15, -0.1) is 0 Å². The second kappa shape index (κ2) is 6.69. The number of benzene rings is 1. The molecule has 1 unspecified atom stereocenters. The number of nitrogens with one attached hydrogen (secondary N) is 1. The third-order valence-corrected chi connectivity index (χ3v) is 4.18. The normalized spacial score (nSPS) is 12.9. The monoisotopic (exact) mass is 306 g/mol. The molecule has 0 spiro atoms. The number of aliphatic hydroxyl groups excluding tert-OH is 1. The Bertz CT molecular complexity index is 687. The maximum absolute atomic E-state index is 11.7. The van der Waals surface area contributed by atoms with Crippen molar-refractivity contribution in [3.8, 4) is 0 Å². The van der Waals surface area contributed by atoms with Gasteiger partial charge in [-0.3, -0.25) is 0 Å². The molecule has 0 bridgehead atoms. The number of nitrogens with zero attached hydrogens (tertiary/aromatic N) is 1. The lowest BCUT2D eigenvalue weighted by Crippen LogP contribution is -2.27. The molecule has 1 atom stereocenters. The third-order valence-electron chi connectivity index (χ3n) is 3.06. The van der Waals surface area contributed by atoms with Crippen LogP contribution in [0.5, 0.6) is 0 Å². The van der Waals surface area contributed by atoms with Gasteiger partial charge < -0.3 is 10.4 Å². The Morgan fingerprint density at radius 2 is 1.90 bits per heavy atom. The fraction of sp³-hybridized carbons (Fsp3) is 0.267. The Labute approximate surface area is 124 Å². The number of hydrogen-bond acceptors (Lipinski definition) is 5. The quantitative estimate of drug-likeness (QED) is 0.845. The third kappa shape index (κ3) is 4.27. The van der Waals surface area contributed by atoms with Crippen molar-refractivity contribution in [3.05, 3.63) is 54.2 Å². The van der Waals surface area contributed by atoms with Crippen LogP contribution in [0.25, 0.3) is 0 Å². The van der Waals surface area contributed by atoms with Crippen molar-refractivity contribution >= 4 is 15.7 Å². The predicted octanol–water partition coefficient (Wildman–Crippen LogP) is 1.50. The summed E-state index contributed by atoms with van der Waals surface area (Å²) in [6, 6.07) is 12.5. The lowest BCUT2D eigenvalue weighted by molar-refractivity contribution is 0.273. The molecule has 0 aliphatic heterocycles. The second-order valence-corrected chi connectivity index (χ2v) is 6.82. The number of aliphatic hydroxyl groups is 1. The Hall–Kier alpha value is -1.92. The van der Waals surface area contributed by atoms with Gasteiger partial charge >= 0.3 is 0 Å². The Morgan fingerprint density at radius 1 is 1.19 bits per heavy atom. The molecule has 6 heteroatoms. The molecule has 112 valence electrons. The van der Waals surface area contributed by atoms with Gasteiger partial charge in [-0.1, -0.05) is 30.3 Å². The topological polar surface area (TPSA) is 79.3 Å². The molecular formula is C15H18N2O3S. The van der Waals surface area contributed by atoms with E-state index in [0.29, 0.717) is 6.42 Å². The van der Waals surface area contributed by atoms with Gasteiger partial charge in [0.2, 0.25) is 0 Å². The number of hydrogen-bond donors (Lipinski definition) is 2. The van der Waals surface area contributed by atoms with E-state index >= 15 is 0 Å². The van der Waals surface area contributed by atoms with Crippen molar-refractivity contribution in [2.24, 2.45) is 0 Å². The summed E-state index contributed by atoms with van der Waals surface area (Å²) in [6.07, 6.45) is 3.24. The van der Waals surface area contributed by atoms with Gasteiger partial charge in [-0.2, -0.15) is 0 Å². The first-order chi connectivity index (χ1) is 10.0. The van der Waals surface area contributed by atoms with Crippen LogP contribution in [0.3, 0.4) is 0 Å². The van der Waals surface area contributed by atoms with Crippen LogP contribution in [0.1, 0.15) is 5.56 Å². The highest BCUT2D eigenvalue weighted by Gasteiger charge is 2.17. The lowest BCUT2D eigenvalue weighted by atomic mass is 10.1. The van der Waals surface area contributed by atoms with Gasteiger partial charge in [0.1, 0.15) is 10.7 Å². The van der Waals surface area contributed by atoms with Crippen molar-refractivity contribution in [1.82, 2.24) is 4.98 Å². The standard InChI is InChI=1S/C15H18N2O3S/c1-21(19,20)14-8-5-9-16-15(14)17-13(11-18)10-12-6-3-2-4-7-12/h2-9,13,18H,10-11H2,1H3,(H,16,17). The van der Waals surface area contributed by atoms with E-state index in [4.69, 9.17) is 0 Å². The summed E-state index contributed by atoms with van der Waals surface area (Å²) in [6.45, 7) is -0.116. The van der Waals surface area contributed by atoms with Crippen LogP contribution in [0.15, 0.2) is 53.6 Å². The SMILES string of the molecule is CS(=O)(=O)c1cccnc1NC(CO)Cc1ccccc1. The highest BCUT2D eigenvalue weighted by Crippen LogP contribution is 2.19. The molecule has 1 heterocycles. The highest BCUT2D eigenvalue weighted by molar-refractivity contribution is 7.90. The van der Waals surface area contributed by atoms with Crippen molar-refractivity contribution in [3.63, 3.8) is 0 Å². The lowest BCUT2D eigenvalue weighted by Gasteiger charge is -2.18. The zero-order chi connectivity index (χ0) is 15.3. The Morgan fingerprint density at radius 3 is 2.52 bits per heavy atom. The summed E-state index contributed by atoms with van der Waals surface area (Å²) in [5, 5.41) is 12.5. The minimum absolute atomic E-state index is 0.116. The summed E-state index contributed by atoms with van der Waals surface area (Å²) in [5.41, 5.74) is 1.06. The van der Waals surface area contributed by atoms with Crippen molar-refractivity contribution in [2.75, 3.05) is 18.2 Å². The molecule has 0 saturated carbocycles. The van der Waals surface area contributed by atoms with Gasteiger partial charge in [0, 0.05) is 12.5 Å². The van der Waals surface area contributed by atoms with Crippen LogP contribution in [-0.4, -0.2) is 37.4 Å². The number of sulfone groups is 1. The first kappa shape index (κ1) is 15.5. The first-order valence-corrected chi connectivity index (χ1v) is 8.46. The maximum Gasteiger partial charge on any atom is 0.179 e. The maximum atomic E-state index is 11.7. The average molecular weight is 306 g/mol. The van der Waals surface area contributed by atoms with Crippen molar-refractivity contribution < 1.29 is 13.5 Å². The van der Waals surface area contributed by atoms with Crippen LogP contribution >= 0.6 is 0 Å². The second-order valence-electron chi connectivity index (χ2n) is 4.84. The average Bonchev–Trinajstić information content (AvgIpc) is 2.47. The molecular weight excluding hydrogens is 288 g/mol. The molecule has 1 aromatic heterocycles. The van der Waals surface area contributed by atoms with E-state index in [0.717, 1.165) is 11.8 Å². The van der Waals surface area contributed by atoms with Crippen LogP contribution in [0.2, 0.25) is 0 Å². The van der Waals surface area contributed by atoms with Gasteiger partial charge in [0.05, 0.1) is 12.6 Å². The van der Waals surface area contributed by atoms with E-state index in [9.17, 15) is 13.5 Å². The predicted molar refractivity (Wildman–Crippen MR) is 82.0 cm³/mol. The van der Waals surface area contributed by atoms with Crippen molar-refractivity contribution in [2.45, 2.75) is 17.4 Å². The molecule has 2 rings (SSSR count). The Kier molecular flexibility index (Phi) is 4.93. The molecule has 21 heavy (non-hydrogen) atoms. The molecule has 5 nitrogen and oxygen atoms in total. The fourth-order valence-corrected chi connectivity index (χ4v) is 2.84. The summed E-state index contributed by atoms with van der Waals surface area (Å²) in [7, 11) is -3.37. The highest BCUT2D eigenvalue weighted by atomic mass is 32.2. The molecule has 2 aromatic rings. The minimum Gasteiger partial charge on any atom is -0.394 e. The van der Waals surface area contributed by atoms with E-state index in [1.54, 1.807) is 6.07 Å². The first-order valence-electron chi connectivity index (χ1n) is 6.57. The van der Waals surface area contributed by atoms with E-state index in [1.165, 1.54) is 12.3 Å². The van der Waals surface area contributed by atoms with Gasteiger partial charge in [0.25, 0.3) is 0 Å². The van der Waals surface area contributed by atoms with E-state index < -0.39 is 9.84 Å². The molecule has 1 aromatic carbocycles. The number of aromatic nitrogens is 1. The van der Waals surface area contributed by atoms with Gasteiger partial charge in [-0.25, -0.2) is 13.4 Å². The van der Waals surface area contributed by atoms with E-state index in [2.05, 4.69) is 10.3 Å². The molecule has 0 amide bonds. The van der Waals surface area contributed by atoms with E-state index in [-0.39, 0.29) is 23.4 Å². The molecule has 0 radical (unpaired) electrons. The smallest absolute Gasteiger partial charge is 0.179 e. The molecule has 0 saturated heterocycles. The van der Waals surface area contributed by atoms with Crippen LogP contribution < -0.4 is 5.32 Å². The molecule has 2 N–H and O–H groups in total. The largest absolute Gasteiger partial charge is 0.394 e. The zero-order valence-corrected chi connectivity index (χ0v) is 12.5. The molecule has 0 aliphatic rings. The summed E-state index contributed by atoms with van der Waals surface area (Å²) < 4.78 is 23.5. The molecule has 0 fully saturated rings. The number of rotatable bonds is 6. The summed E-state index contributed by atoms with van der Waals surface area (Å²) >= 11 is 0. The molecule has 0 aliphatic carbocycles. The zero-order valence-electron chi connectivity index (χ0n) is 11.7.